The molecule has 0 saturated carbocycles. The van der Waals surface area contributed by atoms with Gasteiger partial charge in [-0.2, -0.15) is 5.10 Å². The molecule has 0 unspecified atom stereocenters. The molecule has 0 aliphatic carbocycles. The molecule has 0 radical (unpaired) electrons. The quantitative estimate of drug-likeness (QED) is 0.187. The van der Waals surface area contributed by atoms with Crippen molar-refractivity contribution in [3.8, 4) is 0 Å². The predicted molar refractivity (Wildman–Crippen MR) is 140 cm³/mol. The zero-order chi connectivity index (χ0) is 25.7. The molecule has 0 amide bonds. The third kappa shape index (κ3) is 6.16. The maximum absolute atomic E-state index is 12.5. The normalized spacial score (nSPS) is 13.2. The van der Waals surface area contributed by atoms with Gasteiger partial charge in [0.05, 0.1) is 11.1 Å². The molecule has 0 N–H and O–H groups in total. The molecule has 186 valence electrons. The van der Waals surface area contributed by atoms with Gasteiger partial charge in [-0.1, -0.05) is 52.0 Å². The summed E-state index contributed by atoms with van der Waals surface area (Å²) in [6.45, 7) is 18.8. The van der Waals surface area contributed by atoms with E-state index < -0.39 is 5.41 Å². The highest BCUT2D eigenvalue weighted by Crippen LogP contribution is 2.32. The minimum Gasteiger partial charge on any atom is -0.454 e. The van der Waals surface area contributed by atoms with E-state index in [-0.39, 0.29) is 18.2 Å². The van der Waals surface area contributed by atoms with Gasteiger partial charge in [0.1, 0.15) is 5.69 Å². The maximum Gasteiger partial charge on any atom is 0.314 e. The summed E-state index contributed by atoms with van der Waals surface area (Å²) in [5.41, 5.74) is 5.31. The number of ether oxygens (including phenoxy) is 2. The first-order valence-corrected chi connectivity index (χ1v) is 12.0. The lowest BCUT2D eigenvalue weighted by Crippen LogP contribution is -2.26. The number of carbonyl (C=O) groups excluding carboxylic acids is 1. The Morgan fingerprint density at radius 1 is 1.06 bits per heavy atom. The Balaban J connectivity index is 2.62. The molecular formula is C28H41N3O3. The Morgan fingerprint density at radius 3 is 2.18 bits per heavy atom. The topological polar surface area (TPSA) is 65.7 Å². The zero-order valence-electron chi connectivity index (χ0n) is 22.6. The lowest BCUT2D eigenvalue weighted by Gasteiger charge is -2.22. The third-order valence-corrected chi connectivity index (χ3v) is 6.34. The van der Waals surface area contributed by atoms with Gasteiger partial charge in [-0.15, -0.1) is 0 Å². The Bertz CT molecular complexity index is 1050. The van der Waals surface area contributed by atoms with Gasteiger partial charge in [-0.3, -0.25) is 14.5 Å². The first kappa shape index (κ1) is 27.4. The number of esters is 1. The van der Waals surface area contributed by atoms with Crippen LogP contribution < -0.4 is 0 Å². The van der Waals surface area contributed by atoms with E-state index in [0.29, 0.717) is 18.7 Å². The van der Waals surface area contributed by atoms with Gasteiger partial charge in [0.15, 0.2) is 5.76 Å². The van der Waals surface area contributed by atoms with Crippen LogP contribution in [0.1, 0.15) is 83.0 Å². The number of benzene rings is 1. The van der Waals surface area contributed by atoms with Crippen LogP contribution in [0, 0.1) is 19.3 Å². The van der Waals surface area contributed by atoms with Crippen molar-refractivity contribution in [2.24, 2.45) is 10.4 Å². The second kappa shape index (κ2) is 11.0. The lowest BCUT2D eigenvalue weighted by molar-refractivity contribution is -0.162. The molecule has 6 nitrogen and oxygen atoms in total. The highest BCUT2D eigenvalue weighted by molar-refractivity contribution is 6.18. The number of aromatic nitrogens is 2. The average molecular weight is 468 g/mol. The fourth-order valence-corrected chi connectivity index (χ4v) is 3.49. The largest absolute Gasteiger partial charge is 0.454 e. The van der Waals surface area contributed by atoms with Crippen LogP contribution in [-0.4, -0.2) is 35.8 Å². The van der Waals surface area contributed by atoms with Crippen molar-refractivity contribution >= 4 is 23.5 Å². The van der Waals surface area contributed by atoms with E-state index in [0.717, 1.165) is 28.1 Å². The van der Waals surface area contributed by atoms with Crippen LogP contribution in [0.15, 0.2) is 29.3 Å². The van der Waals surface area contributed by atoms with Crippen molar-refractivity contribution in [3.05, 3.63) is 52.3 Å². The van der Waals surface area contributed by atoms with Gasteiger partial charge in [0, 0.05) is 30.9 Å². The predicted octanol–water partition coefficient (Wildman–Crippen LogP) is 6.34. The van der Waals surface area contributed by atoms with Crippen LogP contribution in [0.3, 0.4) is 0 Å². The standard InChI is InChI=1S/C28H41N3O3/c1-11-28(8,9)26(32)34-18-33-25(24-19(3)20(4)30-31(24)12-2)23(17-29-10)21-13-15-22(16-14-21)27(5,6)7/h13-17H,11-12,18H2,1-10H3/b25-23-,29-17-. The molecule has 34 heavy (non-hydrogen) atoms. The second-order valence-electron chi connectivity index (χ2n) is 10.3. The van der Waals surface area contributed by atoms with Crippen molar-refractivity contribution in [1.29, 1.82) is 0 Å². The van der Waals surface area contributed by atoms with E-state index in [1.54, 1.807) is 13.3 Å². The van der Waals surface area contributed by atoms with Gasteiger partial charge >= 0.3 is 5.97 Å². The number of allylic oxidation sites excluding steroid dienone is 1. The lowest BCUT2D eigenvalue weighted by atomic mass is 9.86. The van der Waals surface area contributed by atoms with Crippen LogP contribution in [0.5, 0.6) is 0 Å². The molecule has 0 fully saturated rings. The molecule has 1 aromatic heterocycles. The molecule has 0 aliphatic rings. The van der Waals surface area contributed by atoms with E-state index in [1.165, 1.54) is 5.56 Å². The summed E-state index contributed by atoms with van der Waals surface area (Å²) in [4.78, 5) is 16.9. The molecule has 0 saturated heterocycles. The molecule has 2 rings (SSSR count). The van der Waals surface area contributed by atoms with Crippen LogP contribution in [0.25, 0.3) is 11.3 Å². The summed E-state index contributed by atoms with van der Waals surface area (Å²) in [6.07, 6.45) is 2.48. The maximum atomic E-state index is 12.5. The van der Waals surface area contributed by atoms with Gasteiger partial charge in [0.25, 0.3) is 0 Å². The Hall–Kier alpha value is -2.89. The summed E-state index contributed by atoms with van der Waals surface area (Å²) >= 11 is 0. The highest BCUT2D eigenvalue weighted by Gasteiger charge is 2.28. The SMILES string of the molecule is CCn1nc(C)c(C)c1/C(OCOC(=O)C(C)(C)CC)=C(\C=N/C)c1ccc(C(C)(C)C)cc1. The first-order chi connectivity index (χ1) is 15.9. The number of nitrogens with zero attached hydrogens (tertiary/aromatic N) is 3. The molecule has 0 spiro atoms. The fraction of sp³-hybridized carbons (Fsp3) is 0.536. The highest BCUT2D eigenvalue weighted by atomic mass is 16.7. The van der Waals surface area contributed by atoms with Crippen molar-refractivity contribution in [2.75, 3.05) is 13.8 Å². The summed E-state index contributed by atoms with van der Waals surface area (Å²) in [6, 6.07) is 8.44. The van der Waals surface area contributed by atoms with Gasteiger partial charge in [-0.05, 0) is 57.6 Å². The van der Waals surface area contributed by atoms with Crippen LogP contribution in [0.4, 0.5) is 0 Å². The molecule has 6 heteroatoms. The monoisotopic (exact) mass is 467 g/mol. The summed E-state index contributed by atoms with van der Waals surface area (Å²) in [5.74, 6) is 0.308. The summed E-state index contributed by atoms with van der Waals surface area (Å²) in [7, 11) is 1.74. The average Bonchev–Trinajstić information content (AvgIpc) is 3.08. The second-order valence-corrected chi connectivity index (χ2v) is 10.3. The molecule has 0 aliphatic heterocycles. The van der Waals surface area contributed by atoms with Crippen molar-refractivity contribution in [2.45, 2.75) is 80.7 Å². The minimum atomic E-state index is -0.568. The van der Waals surface area contributed by atoms with E-state index in [9.17, 15) is 4.79 Å². The molecule has 1 heterocycles. The van der Waals surface area contributed by atoms with Gasteiger partial charge in [0.2, 0.25) is 6.79 Å². The Morgan fingerprint density at radius 2 is 1.68 bits per heavy atom. The number of hydrogen-bond donors (Lipinski definition) is 0. The molecule has 0 atom stereocenters. The minimum absolute atomic E-state index is 0.0510. The van der Waals surface area contributed by atoms with Crippen molar-refractivity contribution in [3.63, 3.8) is 0 Å². The molecular weight excluding hydrogens is 426 g/mol. The van der Waals surface area contributed by atoms with Crippen LogP contribution >= 0.6 is 0 Å². The number of aliphatic imine (C=N–C) groups is 1. The first-order valence-electron chi connectivity index (χ1n) is 12.0. The van der Waals surface area contributed by atoms with E-state index in [1.807, 2.05) is 46.2 Å². The Labute approximate surface area is 205 Å². The van der Waals surface area contributed by atoms with E-state index in [4.69, 9.17) is 9.47 Å². The van der Waals surface area contributed by atoms with E-state index >= 15 is 0 Å². The number of rotatable bonds is 9. The number of carbonyl (C=O) groups is 1. The van der Waals surface area contributed by atoms with Crippen LogP contribution in [0.2, 0.25) is 0 Å². The summed E-state index contributed by atoms with van der Waals surface area (Å²) in [5, 5.41) is 4.68. The van der Waals surface area contributed by atoms with Crippen LogP contribution in [-0.2, 0) is 26.2 Å². The fourth-order valence-electron chi connectivity index (χ4n) is 3.49. The molecule has 1 aromatic carbocycles. The number of aryl methyl sites for hydroxylation is 2. The smallest absolute Gasteiger partial charge is 0.314 e. The van der Waals surface area contributed by atoms with E-state index in [2.05, 4.69) is 55.1 Å². The Kier molecular flexibility index (Phi) is 8.87. The van der Waals surface area contributed by atoms with Crippen molar-refractivity contribution < 1.29 is 14.3 Å². The molecule has 0 bridgehead atoms. The molecule has 2 aromatic rings. The number of hydrogen-bond acceptors (Lipinski definition) is 5. The van der Waals surface area contributed by atoms with Gasteiger partial charge < -0.3 is 9.47 Å². The third-order valence-electron chi connectivity index (χ3n) is 6.34. The van der Waals surface area contributed by atoms with Gasteiger partial charge in [-0.25, -0.2) is 0 Å². The zero-order valence-corrected chi connectivity index (χ0v) is 22.6. The van der Waals surface area contributed by atoms with Crippen molar-refractivity contribution in [1.82, 2.24) is 9.78 Å². The summed E-state index contributed by atoms with van der Waals surface area (Å²) < 4.78 is 13.7.